The molecule has 1 aliphatic heterocycles. The van der Waals surface area contributed by atoms with E-state index in [1.807, 2.05) is 0 Å². The summed E-state index contributed by atoms with van der Waals surface area (Å²) < 4.78 is 1.50. The summed E-state index contributed by atoms with van der Waals surface area (Å²) in [6, 6.07) is 11.6. The first kappa shape index (κ1) is 28.3. The first-order valence-corrected chi connectivity index (χ1v) is 14.1. The average Bonchev–Trinajstić information content (AvgIpc) is 3.18. The lowest BCUT2D eigenvalue weighted by Gasteiger charge is -2.35. The van der Waals surface area contributed by atoms with Crippen LogP contribution >= 0.6 is 63.7 Å². The number of fused-ring (bicyclic) bond motifs is 1. The molecule has 13 heteroatoms. The molecule has 38 heavy (non-hydrogen) atoms. The molecule has 1 aliphatic rings. The Morgan fingerprint density at radius 3 is 1.79 bits per heavy atom. The van der Waals surface area contributed by atoms with Crippen molar-refractivity contribution in [3.63, 3.8) is 0 Å². The lowest BCUT2D eigenvalue weighted by atomic mass is 10.0. The number of hydrazine groups is 1. The molecule has 9 nitrogen and oxygen atoms in total. The van der Waals surface area contributed by atoms with Crippen LogP contribution in [0.3, 0.4) is 0 Å². The Morgan fingerprint density at radius 2 is 1.34 bits per heavy atom. The number of ketones is 1. The number of carbonyl (C=O) groups excluding carboxylic acids is 4. The first-order valence-electron chi connectivity index (χ1n) is 10.9. The van der Waals surface area contributed by atoms with Gasteiger partial charge in [-0.05, 0) is 82.3 Å². The highest BCUT2D eigenvalue weighted by Crippen LogP contribution is 2.46. The van der Waals surface area contributed by atoms with Crippen LogP contribution in [0.2, 0.25) is 0 Å². The van der Waals surface area contributed by atoms with Crippen LogP contribution in [0.5, 0.6) is 0 Å². The molecule has 0 unspecified atom stereocenters. The molecule has 0 spiro atoms. The molecule has 0 bridgehead atoms. The molecular weight excluding hydrogens is 758 g/mol. The van der Waals surface area contributed by atoms with Crippen molar-refractivity contribution in [2.75, 3.05) is 0 Å². The molecule has 0 saturated carbocycles. The number of hydrogen-bond donors (Lipinski definition) is 0. The van der Waals surface area contributed by atoms with E-state index in [1.54, 1.807) is 37.3 Å². The first-order chi connectivity index (χ1) is 18.0. The van der Waals surface area contributed by atoms with Gasteiger partial charge in [0.25, 0.3) is 23.4 Å². The van der Waals surface area contributed by atoms with Gasteiger partial charge in [0, 0.05) is 41.2 Å². The van der Waals surface area contributed by atoms with E-state index in [4.69, 9.17) is 0 Å². The zero-order chi connectivity index (χ0) is 27.9. The maximum Gasteiger partial charge on any atom is 0.282 e. The van der Waals surface area contributed by atoms with Gasteiger partial charge in [-0.15, -0.1) is 0 Å². The van der Waals surface area contributed by atoms with Gasteiger partial charge in [-0.1, -0.05) is 37.3 Å². The summed E-state index contributed by atoms with van der Waals surface area (Å²) in [5.74, 6) is -2.97. The second kappa shape index (κ2) is 11.2. The number of halogens is 4. The van der Waals surface area contributed by atoms with Crippen molar-refractivity contribution in [1.82, 2.24) is 10.0 Å². The van der Waals surface area contributed by atoms with E-state index in [9.17, 15) is 29.3 Å². The van der Waals surface area contributed by atoms with Crippen molar-refractivity contribution >= 4 is 92.9 Å². The van der Waals surface area contributed by atoms with E-state index in [1.165, 1.54) is 12.1 Å². The third-order valence-electron chi connectivity index (χ3n) is 5.87. The van der Waals surface area contributed by atoms with Crippen LogP contribution < -0.4 is 0 Å². The van der Waals surface area contributed by atoms with Gasteiger partial charge in [-0.3, -0.25) is 29.3 Å². The molecule has 0 aromatic heterocycles. The number of nitro groups is 1. The highest BCUT2D eigenvalue weighted by Gasteiger charge is 2.48. The zero-order valence-corrected chi connectivity index (χ0v) is 25.6. The maximum atomic E-state index is 13.9. The van der Waals surface area contributed by atoms with E-state index >= 15 is 0 Å². The summed E-state index contributed by atoms with van der Waals surface area (Å²) >= 11 is 13.5. The Morgan fingerprint density at radius 1 is 0.842 bits per heavy atom. The number of non-ortho nitro benzene ring substituents is 1. The Hall–Kier alpha value is -2.74. The minimum Gasteiger partial charge on any atom is -0.292 e. The lowest BCUT2D eigenvalue weighted by Crippen LogP contribution is -2.57. The van der Waals surface area contributed by atoms with Gasteiger partial charge in [-0.25, -0.2) is 5.01 Å². The molecule has 3 aromatic rings. The number of hydrogen-bond acceptors (Lipinski definition) is 6. The molecular formula is C25H15Br4N3O6. The van der Waals surface area contributed by atoms with Gasteiger partial charge in [0.05, 0.1) is 16.1 Å². The van der Waals surface area contributed by atoms with Crippen LogP contribution in [0, 0.1) is 10.1 Å². The van der Waals surface area contributed by atoms with Gasteiger partial charge in [0.15, 0.2) is 5.78 Å². The van der Waals surface area contributed by atoms with Crippen molar-refractivity contribution in [3.05, 3.63) is 105 Å². The molecule has 3 amide bonds. The lowest BCUT2D eigenvalue weighted by molar-refractivity contribution is -0.384. The van der Waals surface area contributed by atoms with Gasteiger partial charge in [0.2, 0.25) is 0 Å². The second-order valence-corrected chi connectivity index (χ2v) is 11.2. The van der Waals surface area contributed by atoms with Crippen LogP contribution in [-0.4, -0.2) is 44.5 Å². The van der Waals surface area contributed by atoms with Crippen molar-refractivity contribution in [1.29, 1.82) is 0 Å². The molecule has 0 fully saturated rings. The molecule has 4 rings (SSSR count). The summed E-state index contributed by atoms with van der Waals surface area (Å²) in [7, 11) is 0. The molecule has 1 atom stereocenters. The SMILES string of the molecule is CC[C@@H](C(=O)c1ccccc1)N(C(=O)c1ccc([N+](=O)[O-])cc1)N1C(=O)c2c(Br)c(Br)c(Br)c(Br)c2C1=O. The van der Waals surface area contributed by atoms with E-state index in [0.717, 1.165) is 17.1 Å². The fourth-order valence-electron chi connectivity index (χ4n) is 4.03. The Labute approximate surface area is 249 Å². The number of benzene rings is 3. The van der Waals surface area contributed by atoms with Gasteiger partial charge >= 0.3 is 0 Å². The van der Waals surface area contributed by atoms with Gasteiger partial charge < -0.3 is 0 Å². The van der Waals surface area contributed by atoms with Crippen LogP contribution in [0.4, 0.5) is 5.69 Å². The highest BCUT2D eigenvalue weighted by atomic mass is 79.9. The number of imide groups is 1. The van der Waals surface area contributed by atoms with Crippen molar-refractivity contribution < 1.29 is 24.1 Å². The van der Waals surface area contributed by atoms with Crippen LogP contribution in [-0.2, 0) is 0 Å². The smallest absolute Gasteiger partial charge is 0.282 e. The fourth-order valence-corrected chi connectivity index (χ4v) is 6.48. The quantitative estimate of drug-likeness (QED) is 0.0641. The van der Waals surface area contributed by atoms with E-state index < -0.39 is 34.5 Å². The monoisotopic (exact) mass is 769 g/mol. The Balaban J connectivity index is 1.90. The minimum atomic E-state index is -1.24. The number of nitrogens with zero attached hydrogens (tertiary/aromatic N) is 3. The zero-order valence-electron chi connectivity index (χ0n) is 19.3. The molecule has 1 heterocycles. The number of carbonyl (C=O) groups is 4. The molecule has 0 N–H and O–H groups in total. The summed E-state index contributed by atoms with van der Waals surface area (Å²) in [4.78, 5) is 65.6. The van der Waals surface area contributed by atoms with E-state index in [-0.39, 0.29) is 43.3 Å². The molecule has 0 saturated heterocycles. The molecule has 194 valence electrons. The standard InChI is InChI=1S/C25H15Br4N3O6/c1-2-15(22(33)12-6-4-3-5-7-12)30(23(34)13-8-10-14(11-9-13)32(37)38)31-24(35)16-17(25(31)36)19(27)21(29)20(28)18(16)26/h3-11,15H,2H2,1H3/t15-/m0/s1. The Kier molecular flexibility index (Phi) is 8.31. The fraction of sp³-hybridized carbons (Fsp3) is 0.120. The normalized spacial score (nSPS) is 13.3. The van der Waals surface area contributed by atoms with Gasteiger partial charge in [-0.2, -0.15) is 5.01 Å². The van der Waals surface area contributed by atoms with Crippen LogP contribution in [0.1, 0.15) is 54.8 Å². The summed E-state index contributed by atoms with van der Waals surface area (Å²) in [6.45, 7) is 1.65. The van der Waals surface area contributed by atoms with Crippen molar-refractivity contribution in [3.8, 4) is 0 Å². The predicted molar refractivity (Wildman–Crippen MR) is 152 cm³/mol. The summed E-state index contributed by atoms with van der Waals surface area (Å²) in [5.41, 5.74) is -0.0120. The minimum absolute atomic E-state index is 0.000428. The summed E-state index contributed by atoms with van der Waals surface area (Å²) in [5, 5.41) is 12.6. The van der Waals surface area contributed by atoms with Crippen molar-refractivity contribution in [2.45, 2.75) is 19.4 Å². The summed E-state index contributed by atoms with van der Waals surface area (Å²) in [6.07, 6.45) is 0.0651. The van der Waals surface area contributed by atoms with Gasteiger partial charge in [0.1, 0.15) is 6.04 Å². The number of nitro benzene ring substituents is 1. The average molecular weight is 773 g/mol. The Bertz CT molecular complexity index is 1460. The highest BCUT2D eigenvalue weighted by molar-refractivity contribution is 9.15. The number of rotatable bonds is 7. The van der Waals surface area contributed by atoms with Crippen molar-refractivity contribution in [2.24, 2.45) is 0 Å². The maximum absolute atomic E-state index is 13.9. The molecule has 0 radical (unpaired) electrons. The predicted octanol–water partition coefficient (Wildman–Crippen LogP) is 6.96. The number of amides is 3. The van der Waals surface area contributed by atoms with E-state index in [2.05, 4.69) is 63.7 Å². The van der Waals surface area contributed by atoms with Crippen LogP contribution in [0.25, 0.3) is 0 Å². The topological polar surface area (TPSA) is 118 Å². The number of Topliss-reactive ketones (excluding diaryl/α,β-unsaturated/α-hetero) is 1. The third kappa shape index (κ3) is 4.76. The van der Waals surface area contributed by atoms with Crippen LogP contribution in [0.15, 0.2) is 72.5 Å². The third-order valence-corrected chi connectivity index (χ3v) is 10.6. The largest absolute Gasteiger partial charge is 0.292 e. The van der Waals surface area contributed by atoms with E-state index in [0.29, 0.717) is 14.0 Å². The molecule has 3 aromatic carbocycles. The second-order valence-electron chi connectivity index (χ2n) is 8.04. The molecule has 0 aliphatic carbocycles.